The standard InChI is InChI=1S/C21H23N7O2/c22-19-18-21(28(13-23-18)17-7-6-16(12-29)30-17)26-20(25-19)15-10-24-27(11-15)9-8-14-4-2-1-3-5-14/h1-5,10-11,13,16-17,29H,6-9,12H2,(H2,22,25,26). The summed E-state index contributed by atoms with van der Waals surface area (Å²) in [7, 11) is 0. The highest BCUT2D eigenvalue weighted by atomic mass is 16.5. The second-order valence-corrected chi connectivity index (χ2v) is 7.46. The Bertz CT molecular complexity index is 1150. The number of aliphatic hydroxyl groups is 1. The summed E-state index contributed by atoms with van der Waals surface area (Å²) in [5.41, 5.74) is 9.40. The maximum Gasteiger partial charge on any atom is 0.168 e. The van der Waals surface area contributed by atoms with Crippen LogP contribution in [0.3, 0.4) is 0 Å². The van der Waals surface area contributed by atoms with Crippen molar-refractivity contribution < 1.29 is 9.84 Å². The zero-order chi connectivity index (χ0) is 20.5. The Kier molecular flexibility index (Phi) is 4.89. The first kappa shape index (κ1) is 18.7. The highest BCUT2D eigenvalue weighted by Crippen LogP contribution is 2.31. The lowest BCUT2D eigenvalue weighted by Crippen LogP contribution is -2.14. The number of ether oxygens (including phenoxy) is 1. The molecule has 1 aromatic carbocycles. The van der Waals surface area contributed by atoms with Crippen molar-refractivity contribution in [2.24, 2.45) is 0 Å². The molecule has 2 unspecified atom stereocenters. The van der Waals surface area contributed by atoms with Gasteiger partial charge in [0.15, 0.2) is 17.3 Å². The number of nitrogens with two attached hydrogens (primary N) is 1. The van der Waals surface area contributed by atoms with Gasteiger partial charge >= 0.3 is 0 Å². The second kappa shape index (κ2) is 7.85. The molecule has 1 fully saturated rings. The minimum Gasteiger partial charge on any atom is -0.394 e. The van der Waals surface area contributed by atoms with Gasteiger partial charge in [-0.1, -0.05) is 30.3 Å². The smallest absolute Gasteiger partial charge is 0.168 e. The maximum absolute atomic E-state index is 9.35. The Morgan fingerprint density at radius 3 is 2.83 bits per heavy atom. The van der Waals surface area contributed by atoms with E-state index in [9.17, 15) is 5.11 Å². The van der Waals surface area contributed by atoms with Gasteiger partial charge in [-0.2, -0.15) is 5.10 Å². The van der Waals surface area contributed by atoms with Crippen molar-refractivity contribution in [2.75, 3.05) is 12.3 Å². The fourth-order valence-corrected chi connectivity index (χ4v) is 3.79. The molecule has 1 aliphatic rings. The summed E-state index contributed by atoms with van der Waals surface area (Å²) in [5.74, 6) is 0.826. The Morgan fingerprint density at radius 1 is 1.17 bits per heavy atom. The van der Waals surface area contributed by atoms with Gasteiger partial charge < -0.3 is 15.6 Å². The first-order chi connectivity index (χ1) is 14.7. The number of rotatable bonds is 6. The van der Waals surface area contributed by atoms with E-state index in [1.165, 1.54) is 5.56 Å². The molecule has 1 saturated heterocycles. The number of aromatic nitrogens is 6. The molecule has 0 bridgehead atoms. The molecule has 2 atom stereocenters. The Hall–Kier alpha value is -3.30. The van der Waals surface area contributed by atoms with Crippen molar-refractivity contribution in [1.82, 2.24) is 29.3 Å². The molecule has 0 saturated carbocycles. The minimum atomic E-state index is -0.220. The number of benzene rings is 1. The molecule has 3 aromatic heterocycles. The maximum atomic E-state index is 9.35. The van der Waals surface area contributed by atoms with E-state index in [0.717, 1.165) is 31.4 Å². The summed E-state index contributed by atoms with van der Waals surface area (Å²) < 4.78 is 9.63. The lowest BCUT2D eigenvalue weighted by Gasteiger charge is -2.14. The summed E-state index contributed by atoms with van der Waals surface area (Å²) in [4.78, 5) is 13.5. The lowest BCUT2D eigenvalue weighted by molar-refractivity contribution is -0.0207. The molecule has 0 spiro atoms. The van der Waals surface area contributed by atoms with E-state index in [0.29, 0.717) is 22.8 Å². The van der Waals surface area contributed by atoms with Gasteiger partial charge in [-0.25, -0.2) is 15.0 Å². The number of aryl methyl sites for hydroxylation is 2. The first-order valence-corrected chi connectivity index (χ1v) is 10.0. The quantitative estimate of drug-likeness (QED) is 0.505. The number of aliphatic hydroxyl groups excluding tert-OH is 1. The minimum absolute atomic E-state index is 0.00761. The molecule has 0 amide bonds. The zero-order valence-corrected chi connectivity index (χ0v) is 16.4. The van der Waals surface area contributed by atoms with Crippen LogP contribution in [0.5, 0.6) is 0 Å². The van der Waals surface area contributed by atoms with Gasteiger partial charge in [0, 0.05) is 12.7 Å². The monoisotopic (exact) mass is 405 g/mol. The molecule has 30 heavy (non-hydrogen) atoms. The number of nitrogen functional groups attached to an aromatic ring is 1. The van der Waals surface area contributed by atoms with Crippen LogP contribution in [-0.4, -0.2) is 47.1 Å². The van der Waals surface area contributed by atoms with Gasteiger partial charge in [-0.05, 0) is 24.8 Å². The highest BCUT2D eigenvalue weighted by molar-refractivity contribution is 5.83. The van der Waals surface area contributed by atoms with Gasteiger partial charge in [-0.15, -0.1) is 0 Å². The normalized spacial score (nSPS) is 19.0. The van der Waals surface area contributed by atoms with E-state index in [2.05, 4.69) is 27.2 Å². The highest BCUT2D eigenvalue weighted by Gasteiger charge is 2.28. The van der Waals surface area contributed by atoms with E-state index >= 15 is 0 Å². The van der Waals surface area contributed by atoms with Crippen molar-refractivity contribution in [3.63, 3.8) is 0 Å². The fourth-order valence-electron chi connectivity index (χ4n) is 3.79. The number of fused-ring (bicyclic) bond motifs is 1. The number of hydrogen-bond acceptors (Lipinski definition) is 7. The van der Waals surface area contributed by atoms with Crippen LogP contribution in [0.15, 0.2) is 49.1 Å². The van der Waals surface area contributed by atoms with E-state index in [1.54, 1.807) is 12.5 Å². The third-order valence-electron chi connectivity index (χ3n) is 5.41. The van der Waals surface area contributed by atoms with Crippen LogP contribution in [0.1, 0.15) is 24.6 Å². The first-order valence-electron chi connectivity index (χ1n) is 10.0. The molecule has 4 aromatic rings. The topological polar surface area (TPSA) is 117 Å². The van der Waals surface area contributed by atoms with E-state index in [-0.39, 0.29) is 18.9 Å². The summed E-state index contributed by atoms with van der Waals surface area (Å²) in [5, 5.41) is 13.8. The van der Waals surface area contributed by atoms with Crippen molar-refractivity contribution in [3.8, 4) is 11.4 Å². The predicted molar refractivity (Wildman–Crippen MR) is 111 cm³/mol. The molecule has 9 heteroatoms. The molecular weight excluding hydrogens is 382 g/mol. The van der Waals surface area contributed by atoms with Crippen molar-refractivity contribution in [1.29, 1.82) is 0 Å². The molecule has 154 valence electrons. The lowest BCUT2D eigenvalue weighted by atomic mass is 10.1. The number of imidazole rings is 1. The number of nitrogens with zero attached hydrogens (tertiary/aromatic N) is 6. The summed E-state index contributed by atoms with van der Waals surface area (Å²) >= 11 is 0. The summed E-state index contributed by atoms with van der Waals surface area (Å²) in [6, 6.07) is 10.3. The van der Waals surface area contributed by atoms with Gasteiger partial charge in [-0.3, -0.25) is 9.25 Å². The van der Waals surface area contributed by atoms with Crippen molar-refractivity contribution in [2.45, 2.75) is 38.1 Å². The predicted octanol–water partition coefficient (Wildman–Crippen LogP) is 2.18. The molecule has 4 heterocycles. The van der Waals surface area contributed by atoms with E-state index < -0.39 is 0 Å². The van der Waals surface area contributed by atoms with Crippen LogP contribution >= 0.6 is 0 Å². The van der Waals surface area contributed by atoms with Crippen LogP contribution in [0, 0.1) is 0 Å². The number of anilines is 1. The molecule has 1 aliphatic heterocycles. The molecular formula is C21H23N7O2. The van der Waals surface area contributed by atoms with Gasteiger partial charge in [0.05, 0.1) is 30.8 Å². The van der Waals surface area contributed by atoms with Gasteiger partial charge in [0.1, 0.15) is 11.7 Å². The second-order valence-electron chi connectivity index (χ2n) is 7.46. The zero-order valence-electron chi connectivity index (χ0n) is 16.4. The van der Waals surface area contributed by atoms with Crippen LogP contribution in [0.2, 0.25) is 0 Å². The largest absolute Gasteiger partial charge is 0.394 e. The van der Waals surface area contributed by atoms with E-state index in [1.807, 2.05) is 33.6 Å². The average molecular weight is 405 g/mol. The Balaban J connectivity index is 1.41. The van der Waals surface area contributed by atoms with E-state index in [4.69, 9.17) is 15.5 Å². The SMILES string of the molecule is Nc1nc(-c2cnn(CCc3ccccc3)c2)nc2c1ncn2C1CCC(CO)O1. The van der Waals surface area contributed by atoms with Gasteiger partial charge in [0.2, 0.25) is 0 Å². The molecule has 3 N–H and O–H groups in total. The fraction of sp³-hybridized carbons (Fsp3) is 0.333. The molecule has 0 radical (unpaired) electrons. The molecule has 0 aliphatic carbocycles. The van der Waals surface area contributed by atoms with Crippen LogP contribution in [0.4, 0.5) is 5.82 Å². The Labute approximate surface area is 173 Å². The Morgan fingerprint density at radius 2 is 2.03 bits per heavy atom. The average Bonchev–Trinajstić information content (AvgIpc) is 3.51. The molecule has 9 nitrogen and oxygen atoms in total. The summed E-state index contributed by atoms with van der Waals surface area (Å²) in [6.07, 6.45) is 7.44. The van der Waals surface area contributed by atoms with Crippen molar-refractivity contribution >= 4 is 17.0 Å². The van der Waals surface area contributed by atoms with Crippen molar-refractivity contribution in [3.05, 3.63) is 54.6 Å². The van der Waals surface area contributed by atoms with Gasteiger partial charge in [0.25, 0.3) is 0 Å². The van der Waals surface area contributed by atoms with Crippen LogP contribution in [-0.2, 0) is 17.7 Å². The summed E-state index contributed by atoms with van der Waals surface area (Å²) in [6.45, 7) is 0.770. The third kappa shape index (κ3) is 3.53. The van der Waals surface area contributed by atoms with Crippen LogP contribution in [0.25, 0.3) is 22.6 Å². The van der Waals surface area contributed by atoms with Crippen LogP contribution < -0.4 is 5.73 Å². The molecule has 5 rings (SSSR count). The number of hydrogen-bond donors (Lipinski definition) is 2. The third-order valence-corrected chi connectivity index (χ3v) is 5.41.